The zero-order valence-corrected chi connectivity index (χ0v) is 10.5. The van der Waals surface area contributed by atoms with Crippen molar-refractivity contribution in [3.63, 3.8) is 0 Å². The van der Waals surface area contributed by atoms with Crippen molar-refractivity contribution in [1.29, 1.82) is 0 Å². The van der Waals surface area contributed by atoms with Gasteiger partial charge in [-0.05, 0) is 24.5 Å². The van der Waals surface area contributed by atoms with Gasteiger partial charge in [0.1, 0.15) is 5.82 Å². The van der Waals surface area contributed by atoms with E-state index in [0.29, 0.717) is 23.8 Å². The molecule has 0 fully saturated rings. The molecule has 1 amide bonds. The Labute approximate surface area is 102 Å². The maximum Gasteiger partial charge on any atom is 0.252 e. The monoisotopic (exact) mass is 236 g/mol. The van der Waals surface area contributed by atoms with Crippen molar-refractivity contribution in [1.82, 2.24) is 4.98 Å². The van der Waals surface area contributed by atoms with E-state index in [0.717, 1.165) is 5.56 Å². The summed E-state index contributed by atoms with van der Waals surface area (Å²) in [5.74, 6) is 0.397. The van der Waals surface area contributed by atoms with Crippen molar-refractivity contribution in [2.24, 2.45) is 17.4 Å². The lowest BCUT2D eigenvalue weighted by Gasteiger charge is -2.18. The molecule has 5 heteroatoms. The molecule has 0 saturated heterocycles. The van der Waals surface area contributed by atoms with Crippen molar-refractivity contribution in [3.8, 4) is 0 Å². The fraction of sp³-hybridized carbons (Fsp3) is 0.500. The van der Waals surface area contributed by atoms with Crippen molar-refractivity contribution in [3.05, 3.63) is 23.4 Å². The van der Waals surface area contributed by atoms with Gasteiger partial charge in [0.25, 0.3) is 5.91 Å². The Morgan fingerprint density at radius 2 is 2.18 bits per heavy atom. The van der Waals surface area contributed by atoms with E-state index in [1.807, 2.05) is 20.8 Å². The fourth-order valence-corrected chi connectivity index (χ4v) is 1.45. The lowest BCUT2D eigenvalue weighted by molar-refractivity contribution is 0.1000. The molecule has 17 heavy (non-hydrogen) atoms. The molecule has 0 aliphatic heterocycles. The first kappa shape index (κ1) is 13.4. The summed E-state index contributed by atoms with van der Waals surface area (Å²) >= 11 is 0. The Morgan fingerprint density at radius 1 is 1.53 bits per heavy atom. The number of carbonyl (C=O) groups excluding carboxylic acids is 1. The smallest absolute Gasteiger partial charge is 0.252 e. The van der Waals surface area contributed by atoms with Gasteiger partial charge in [0, 0.05) is 18.8 Å². The van der Waals surface area contributed by atoms with Crippen molar-refractivity contribution < 1.29 is 4.79 Å². The number of carbonyl (C=O) groups is 1. The molecule has 94 valence electrons. The minimum absolute atomic E-state index is 0.0121. The molecule has 1 unspecified atom stereocenters. The molecule has 5 N–H and O–H groups in total. The van der Waals surface area contributed by atoms with Crippen LogP contribution in [0.25, 0.3) is 0 Å². The normalized spacial score (nSPS) is 12.5. The number of nitrogens with two attached hydrogens (primary N) is 2. The highest BCUT2D eigenvalue weighted by atomic mass is 16.1. The van der Waals surface area contributed by atoms with Crippen LogP contribution in [-0.4, -0.2) is 23.5 Å². The lowest BCUT2D eigenvalue weighted by Crippen LogP contribution is -2.34. The van der Waals surface area contributed by atoms with E-state index < -0.39 is 5.91 Å². The second-order valence-corrected chi connectivity index (χ2v) is 4.50. The summed E-state index contributed by atoms with van der Waals surface area (Å²) in [7, 11) is 0. The van der Waals surface area contributed by atoms with Crippen LogP contribution in [0.4, 0.5) is 5.82 Å². The largest absolute Gasteiger partial charge is 0.368 e. The molecule has 0 bridgehead atoms. The van der Waals surface area contributed by atoms with Crippen LogP contribution in [0, 0.1) is 12.8 Å². The van der Waals surface area contributed by atoms with Crippen LogP contribution >= 0.6 is 0 Å². The van der Waals surface area contributed by atoms with Gasteiger partial charge in [-0.15, -0.1) is 0 Å². The number of pyridine rings is 1. The predicted molar refractivity (Wildman–Crippen MR) is 68.8 cm³/mol. The number of primary amides is 1. The average molecular weight is 236 g/mol. The van der Waals surface area contributed by atoms with Crippen LogP contribution in [0.15, 0.2) is 12.3 Å². The van der Waals surface area contributed by atoms with Gasteiger partial charge in [0.2, 0.25) is 0 Å². The Balaban J connectivity index is 2.84. The fourth-order valence-electron chi connectivity index (χ4n) is 1.45. The molecule has 1 heterocycles. The van der Waals surface area contributed by atoms with E-state index in [1.165, 1.54) is 0 Å². The summed E-state index contributed by atoms with van der Waals surface area (Å²) in [5, 5.41) is 3.08. The number of hydrogen-bond donors (Lipinski definition) is 3. The van der Waals surface area contributed by atoms with E-state index >= 15 is 0 Å². The summed E-state index contributed by atoms with van der Waals surface area (Å²) in [6, 6.07) is 1.77. The Kier molecular flexibility index (Phi) is 4.45. The first-order chi connectivity index (χ1) is 7.93. The summed E-state index contributed by atoms with van der Waals surface area (Å²) in [6.07, 6.45) is 1.64. The number of nitrogens with zero attached hydrogens (tertiary/aromatic N) is 1. The van der Waals surface area contributed by atoms with Crippen LogP contribution in [0.2, 0.25) is 0 Å². The number of aromatic nitrogens is 1. The molecule has 0 spiro atoms. The van der Waals surface area contributed by atoms with Crippen LogP contribution in [0.1, 0.15) is 29.8 Å². The maximum absolute atomic E-state index is 11.3. The summed E-state index contributed by atoms with van der Waals surface area (Å²) in [5.41, 5.74) is 12.5. The van der Waals surface area contributed by atoms with Gasteiger partial charge in [-0.1, -0.05) is 13.8 Å². The zero-order valence-electron chi connectivity index (χ0n) is 10.5. The first-order valence-electron chi connectivity index (χ1n) is 5.68. The number of anilines is 1. The number of nitrogens with one attached hydrogen (secondary N) is 1. The van der Waals surface area contributed by atoms with E-state index in [9.17, 15) is 4.79 Å². The number of rotatable bonds is 5. The molecule has 0 aromatic carbocycles. The molecule has 0 radical (unpaired) electrons. The summed E-state index contributed by atoms with van der Waals surface area (Å²) in [6.45, 7) is 6.49. The summed E-state index contributed by atoms with van der Waals surface area (Å²) in [4.78, 5) is 15.5. The van der Waals surface area contributed by atoms with Gasteiger partial charge in [-0.25, -0.2) is 4.98 Å². The minimum Gasteiger partial charge on any atom is -0.368 e. The van der Waals surface area contributed by atoms with Crippen LogP contribution in [-0.2, 0) is 0 Å². The van der Waals surface area contributed by atoms with Gasteiger partial charge < -0.3 is 16.8 Å². The highest BCUT2D eigenvalue weighted by Crippen LogP contribution is 2.16. The SMILES string of the molecule is Cc1ccnc(NCC(N)C(C)C)c1C(N)=O. The predicted octanol–water partition coefficient (Wildman–Crippen LogP) is 0.884. The average Bonchev–Trinajstić information content (AvgIpc) is 2.24. The number of hydrogen-bond acceptors (Lipinski definition) is 4. The number of aryl methyl sites for hydroxylation is 1. The minimum atomic E-state index is -0.476. The highest BCUT2D eigenvalue weighted by Gasteiger charge is 2.14. The van der Waals surface area contributed by atoms with Crippen molar-refractivity contribution in [2.75, 3.05) is 11.9 Å². The molecule has 1 rings (SSSR count). The third-order valence-electron chi connectivity index (χ3n) is 2.77. The zero-order chi connectivity index (χ0) is 13.0. The third-order valence-corrected chi connectivity index (χ3v) is 2.77. The molecule has 1 aromatic heterocycles. The molecule has 1 atom stereocenters. The van der Waals surface area contributed by atoms with Crippen molar-refractivity contribution >= 4 is 11.7 Å². The molecular weight excluding hydrogens is 216 g/mol. The van der Waals surface area contributed by atoms with Gasteiger partial charge in [0.15, 0.2) is 0 Å². The van der Waals surface area contributed by atoms with Gasteiger partial charge in [-0.3, -0.25) is 4.79 Å². The van der Waals surface area contributed by atoms with E-state index in [1.54, 1.807) is 12.3 Å². The van der Waals surface area contributed by atoms with Crippen LogP contribution in [0.5, 0.6) is 0 Å². The highest BCUT2D eigenvalue weighted by molar-refractivity contribution is 5.98. The second-order valence-electron chi connectivity index (χ2n) is 4.50. The molecule has 5 nitrogen and oxygen atoms in total. The molecule has 1 aromatic rings. The van der Waals surface area contributed by atoms with E-state index in [-0.39, 0.29) is 6.04 Å². The quantitative estimate of drug-likeness (QED) is 0.707. The van der Waals surface area contributed by atoms with E-state index in [4.69, 9.17) is 11.5 Å². The Bertz CT molecular complexity index is 403. The second kappa shape index (κ2) is 5.63. The Hall–Kier alpha value is -1.62. The molecule has 0 saturated carbocycles. The first-order valence-corrected chi connectivity index (χ1v) is 5.68. The van der Waals surface area contributed by atoms with Crippen LogP contribution in [0.3, 0.4) is 0 Å². The van der Waals surface area contributed by atoms with Gasteiger partial charge >= 0.3 is 0 Å². The maximum atomic E-state index is 11.3. The van der Waals surface area contributed by atoms with E-state index in [2.05, 4.69) is 10.3 Å². The van der Waals surface area contributed by atoms with Gasteiger partial charge in [-0.2, -0.15) is 0 Å². The number of amides is 1. The molecular formula is C12H20N4O. The molecule has 0 aliphatic carbocycles. The third kappa shape index (κ3) is 3.42. The lowest BCUT2D eigenvalue weighted by atomic mass is 10.1. The standard InChI is InChI=1S/C12H20N4O/c1-7(2)9(13)6-16-12-10(11(14)17)8(3)4-5-15-12/h4-5,7,9H,6,13H2,1-3H3,(H2,14,17)(H,15,16). The van der Waals surface area contributed by atoms with Gasteiger partial charge in [0.05, 0.1) is 5.56 Å². The van der Waals surface area contributed by atoms with Crippen LogP contribution < -0.4 is 16.8 Å². The summed E-state index contributed by atoms with van der Waals surface area (Å²) < 4.78 is 0. The molecule has 0 aliphatic rings. The topological polar surface area (TPSA) is 94.0 Å². The van der Waals surface area contributed by atoms with Crippen molar-refractivity contribution in [2.45, 2.75) is 26.8 Å². The Morgan fingerprint density at radius 3 is 2.71 bits per heavy atom.